The fraction of sp³-hybridized carbons (Fsp3) is 0.500. The standard InChI is InChI=1S/C12H12BrF4N3O/c1-6(2)20-11(18-10(13)19-20)21-8-5-3-4-7(9(8)14)12(15,16)17/h4,6H,3,5H2,1-2H3. The van der Waals surface area contributed by atoms with Crippen molar-refractivity contribution < 1.29 is 22.3 Å². The molecule has 0 atom stereocenters. The van der Waals surface area contributed by atoms with Crippen molar-refractivity contribution in [2.24, 2.45) is 0 Å². The van der Waals surface area contributed by atoms with Crippen molar-refractivity contribution in [2.75, 3.05) is 0 Å². The highest BCUT2D eigenvalue weighted by atomic mass is 79.9. The van der Waals surface area contributed by atoms with Crippen molar-refractivity contribution in [1.29, 1.82) is 0 Å². The lowest BCUT2D eigenvalue weighted by Gasteiger charge is -2.18. The summed E-state index contributed by atoms with van der Waals surface area (Å²) in [5, 5.41) is 3.98. The van der Waals surface area contributed by atoms with Gasteiger partial charge in [-0.2, -0.15) is 18.2 Å². The Labute approximate surface area is 126 Å². The van der Waals surface area contributed by atoms with Crippen LogP contribution >= 0.6 is 15.9 Å². The Morgan fingerprint density at radius 1 is 1.38 bits per heavy atom. The molecule has 0 spiro atoms. The fourth-order valence-electron chi connectivity index (χ4n) is 1.83. The largest absolute Gasteiger partial charge is 0.426 e. The van der Waals surface area contributed by atoms with Crippen LogP contribution in [0.3, 0.4) is 0 Å². The first kappa shape index (κ1) is 16.0. The van der Waals surface area contributed by atoms with Crippen LogP contribution < -0.4 is 4.74 Å². The molecule has 0 aromatic carbocycles. The van der Waals surface area contributed by atoms with E-state index >= 15 is 0 Å². The van der Waals surface area contributed by atoms with E-state index in [1.807, 2.05) is 0 Å². The van der Waals surface area contributed by atoms with E-state index in [4.69, 9.17) is 4.74 Å². The number of aromatic nitrogens is 3. The van der Waals surface area contributed by atoms with E-state index < -0.39 is 17.6 Å². The number of rotatable bonds is 3. The monoisotopic (exact) mass is 369 g/mol. The second-order valence-corrected chi connectivity index (χ2v) is 5.40. The highest BCUT2D eigenvalue weighted by Gasteiger charge is 2.39. The highest BCUT2D eigenvalue weighted by molar-refractivity contribution is 9.10. The Morgan fingerprint density at radius 2 is 2.05 bits per heavy atom. The lowest BCUT2D eigenvalue weighted by atomic mass is 10.0. The molecule has 0 unspecified atom stereocenters. The topological polar surface area (TPSA) is 39.9 Å². The third-order valence-corrected chi connectivity index (χ3v) is 3.12. The van der Waals surface area contributed by atoms with Crippen LogP contribution in [0.25, 0.3) is 0 Å². The number of halogens is 5. The summed E-state index contributed by atoms with van der Waals surface area (Å²) in [5.41, 5.74) is -1.31. The molecule has 0 aliphatic heterocycles. The van der Waals surface area contributed by atoms with Crippen LogP contribution in [0.5, 0.6) is 6.01 Å². The summed E-state index contributed by atoms with van der Waals surface area (Å²) in [7, 11) is 0. The second kappa shape index (κ2) is 5.78. The molecule has 1 heterocycles. The van der Waals surface area contributed by atoms with E-state index in [0.717, 1.165) is 6.08 Å². The minimum atomic E-state index is -4.74. The van der Waals surface area contributed by atoms with Gasteiger partial charge in [0.05, 0.1) is 11.6 Å². The van der Waals surface area contributed by atoms with Crippen LogP contribution in [0.1, 0.15) is 32.7 Å². The molecule has 116 valence electrons. The first-order valence-electron chi connectivity index (χ1n) is 6.16. The summed E-state index contributed by atoms with van der Waals surface area (Å²) in [6.45, 7) is 3.58. The molecule has 0 radical (unpaired) electrons. The van der Waals surface area contributed by atoms with Crippen LogP contribution in [0, 0.1) is 0 Å². The highest BCUT2D eigenvalue weighted by Crippen LogP contribution is 2.38. The number of hydrogen-bond donors (Lipinski definition) is 0. The van der Waals surface area contributed by atoms with E-state index in [9.17, 15) is 17.6 Å². The first-order valence-corrected chi connectivity index (χ1v) is 6.95. The summed E-state index contributed by atoms with van der Waals surface area (Å²) in [5.74, 6) is -1.78. The second-order valence-electron chi connectivity index (χ2n) is 4.70. The summed E-state index contributed by atoms with van der Waals surface area (Å²) in [6, 6.07) is -0.186. The zero-order valence-electron chi connectivity index (χ0n) is 11.2. The summed E-state index contributed by atoms with van der Waals surface area (Å²) in [4.78, 5) is 3.89. The van der Waals surface area contributed by atoms with Crippen molar-refractivity contribution in [3.63, 3.8) is 0 Å². The van der Waals surface area contributed by atoms with Crippen molar-refractivity contribution in [1.82, 2.24) is 14.8 Å². The fourth-order valence-corrected chi connectivity index (χ4v) is 2.16. The van der Waals surface area contributed by atoms with Crippen molar-refractivity contribution >= 4 is 15.9 Å². The zero-order chi connectivity index (χ0) is 15.8. The van der Waals surface area contributed by atoms with E-state index in [1.165, 1.54) is 4.68 Å². The van der Waals surface area contributed by atoms with Gasteiger partial charge in [0.25, 0.3) is 0 Å². The average molecular weight is 370 g/mol. The maximum absolute atomic E-state index is 13.9. The SMILES string of the molecule is CC(C)n1nc(Br)nc1OC1=C(F)C(C(F)(F)F)=CCC1. The molecule has 1 aromatic rings. The maximum atomic E-state index is 13.9. The molecule has 0 bridgehead atoms. The third-order valence-electron chi connectivity index (χ3n) is 2.78. The Bertz CT molecular complexity index is 604. The van der Waals surface area contributed by atoms with Crippen molar-refractivity contribution in [3.8, 4) is 6.01 Å². The minimum Gasteiger partial charge on any atom is -0.426 e. The molecule has 0 saturated carbocycles. The number of allylic oxidation sites excluding steroid dienone is 4. The minimum absolute atomic E-state index is 0.0357. The number of alkyl halides is 3. The van der Waals surface area contributed by atoms with E-state index in [0.29, 0.717) is 0 Å². The van der Waals surface area contributed by atoms with Crippen LogP contribution in [0.4, 0.5) is 17.6 Å². The lowest BCUT2D eigenvalue weighted by molar-refractivity contribution is -0.0921. The molecular weight excluding hydrogens is 358 g/mol. The molecule has 0 N–H and O–H groups in total. The maximum Gasteiger partial charge on any atom is 0.419 e. The average Bonchev–Trinajstić information content (AvgIpc) is 2.71. The van der Waals surface area contributed by atoms with Gasteiger partial charge in [-0.25, -0.2) is 9.07 Å². The van der Waals surface area contributed by atoms with Gasteiger partial charge in [-0.3, -0.25) is 0 Å². The van der Waals surface area contributed by atoms with E-state index in [-0.39, 0.29) is 35.4 Å². The molecular formula is C12H12BrF4N3O. The number of ether oxygens (including phenoxy) is 1. The zero-order valence-corrected chi connectivity index (χ0v) is 12.8. The lowest BCUT2D eigenvalue weighted by Crippen LogP contribution is -2.18. The van der Waals surface area contributed by atoms with Crippen LogP contribution in [0.2, 0.25) is 0 Å². The van der Waals surface area contributed by atoms with Gasteiger partial charge in [-0.05, 0) is 36.2 Å². The number of nitrogens with zero attached hydrogens (tertiary/aromatic N) is 3. The number of hydrogen-bond acceptors (Lipinski definition) is 3. The normalized spacial score (nSPS) is 16.5. The van der Waals surface area contributed by atoms with Gasteiger partial charge in [0, 0.05) is 6.42 Å². The van der Waals surface area contributed by atoms with Crippen LogP contribution in [-0.2, 0) is 0 Å². The third kappa shape index (κ3) is 3.45. The molecule has 9 heteroatoms. The van der Waals surface area contributed by atoms with E-state index in [1.54, 1.807) is 13.8 Å². The van der Waals surface area contributed by atoms with Crippen molar-refractivity contribution in [3.05, 3.63) is 28.0 Å². The predicted octanol–water partition coefficient (Wildman–Crippen LogP) is 4.46. The van der Waals surface area contributed by atoms with Crippen molar-refractivity contribution in [2.45, 2.75) is 38.9 Å². The van der Waals surface area contributed by atoms with Gasteiger partial charge in [0.1, 0.15) is 5.76 Å². The molecule has 21 heavy (non-hydrogen) atoms. The molecule has 0 fully saturated rings. The molecule has 1 aliphatic rings. The van der Waals surface area contributed by atoms with Gasteiger partial charge >= 0.3 is 12.2 Å². The Morgan fingerprint density at radius 3 is 2.62 bits per heavy atom. The Kier molecular flexibility index (Phi) is 4.40. The van der Waals surface area contributed by atoms with Gasteiger partial charge in [0.15, 0.2) is 5.83 Å². The van der Waals surface area contributed by atoms with Crippen LogP contribution in [-0.4, -0.2) is 20.9 Å². The smallest absolute Gasteiger partial charge is 0.419 e. The summed E-state index contributed by atoms with van der Waals surface area (Å²) >= 11 is 3.05. The first-order chi connectivity index (χ1) is 9.70. The summed E-state index contributed by atoms with van der Waals surface area (Å²) in [6.07, 6.45) is -3.83. The quantitative estimate of drug-likeness (QED) is 0.738. The molecule has 2 rings (SSSR count). The van der Waals surface area contributed by atoms with Gasteiger partial charge in [-0.1, -0.05) is 6.08 Å². The van der Waals surface area contributed by atoms with Gasteiger partial charge in [0.2, 0.25) is 4.73 Å². The molecule has 1 aromatic heterocycles. The molecule has 1 aliphatic carbocycles. The van der Waals surface area contributed by atoms with Crippen LogP contribution in [0.15, 0.2) is 28.0 Å². The molecule has 0 saturated heterocycles. The molecule has 4 nitrogen and oxygen atoms in total. The Balaban J connectivity index is 2.33. The predicted molar refractivity (Wildman–Crippen MR) is 70.2 cm³/mol. The summed E-state index contributed by atoms with van der Waals surface area (Å²) < 4.78 is 58.8. The van der Waals surface area contributed by atoms with Gasteiger partial charge in [-0.15, -0.1) is 5.10 Å². The van der Waals surface area contributed by atoms with Gasteiger partial charge < -0.3 is 4.74 Å². The Hall–Kier alpha value is -1.38. The van der Waals surface area contributed by atoms with E-state index in [2.05, 4.69) is 26.0 Å². The molecule has 0 amide bonds.